The van der Waals surface area contributed by atoms with Crippen molar-refractivity contribution in [3.05, 3.63) is 64.2 Å². The summed E-state index contributed by atoms with van der Waals surface area (Å²) < 4.78 is 0. The molecule has 0 aliphatic rings. The van der Waals surface area contributed by atoms with Crippen molar-refractivity contribution in [1.29, 1.82) is 0 Å². The maximum absolute atomic E-state index is 9.83. The standard InChI is InChI=1S/C17H20ClNO/c1-3-16(13-6-4-12(2)5-7-13)19-11-14-10-15(18)8-9-17(14)20/h4-10,16,19-20H,3,11H2,1-2H3. The molecule has 20 heavy (non-hydrogen) atoms. The highest BCUT2D eigenvalue weighted by Gasteiger charge is 2.10. The third kappa shape index (κ3) is 3.75. The van der Waals surface area contributed by atoms with Crippen LogP contribution in [0.1, 0.15) is 36.1 Å². The van der Waals surface area contributed by atoms with Gasteiger partial charge in [0.25, 0.3) is 0 Å². The quantitative estimate of drug-likeness (QED) is 0.843. The molecule has 2 aromatic carbocycles. The highest BCUT2D eigenvalue weighted by Crippen LogP contribution is 2.23. The number of phenolic OH excluding ortho intramolecular Hbond substituents is 1. The molecule has 2 rings (SSSR count). The van der Waals surface area contributed by atoms with E-state index in [0.717, 1.165) is 12.0 Å². The SMILES string of the molecule is CCC(NCc1cc(Cl)ccc1O)c1ccc(C)cc1. The Morgan fingerprint density at radius 3 is 2.50 bits per heavy atom. The number of halogens is 1. The number of nitrogens with one attached hydrogen (secondary N) is 1. The van der Waals surface area contributed by atoms with Crippen LogP contribution in [-0.4, -0.2) is 5.11 Å². The van der Waals surface area contributed by atoms with E-state index in [9.17, 15) is 5.11 Å². The Hall–Kier alpha value is -1.51. The maximum atomic E-state index is 9.83. The fraction of sp³-hybridized carbons (Fsp3) is 0.294. The van der Waals surface area contributed by atoms with E-state index in [1.807, 2.05) is 0 Å². The van der Waals surface area contributed by atoms with Gasteiger partial charge < -0.3 is 10.4 Å². The molecule has 0 aliphatic carbocycles. The first-order chi connectivity index (χ1) is 9.60. The van der Waals surface area contributed by atoms with Crippen LogP contribution >= 0.6 is 11.6 Å². The molecule has 0 saturated heterocycles. The molecular formula is C17H20ClNO. The first-order valence-corrected chi connectivity index (χ1v) is 7.25. The Balaban J connectivity index is 2.07. The molecule has 0 fully saturated rings. The van der Waals surface area contributed by atoms with Crippen molar-refractivity contribution in [2.24, 2.45) is 0 Å². The number of benzene rings is 2. The molecular weight excluding hydrogens is 270 g/mol. The van der Waals surface area contributed by atoms with Crippen LogP contribution in [-0.2, 0) is 6.54 Å². The average molecular weight is 290 g/mol. The molecule has 1 unspecified atom stereocenters. The van der Waals surface area contributed by atoms with E-state index >= 15 is 0 Å². The van der Waals surface area contributed by atoms with Crippen molar-refractivity contribution in [2.45, 2.75) is 32.9 Å². The molecule has 0 radical (unpaired) electrons. The van der Waals surface area contributed by atoms with Crippen molar-refractivity contribution in [3.8, 4) is 5.75 Å². The third-order valence-corrected chi connectivity index (χ3v) is 3.70. The molecule has 106 valence electrons. The molecule has 0 spiro atoms. The van der Waals surface area contributed by atoms with Gasteiger partial charge in [0, 0.05) is 23.2 Å². The van der Waals surface area contributed by atoms with Gasteiger partial charge in [-0.05, 0) is 37.1 Å². The van der Waals surface area contributed by atoms with Gasteiger partial charge >= 0.3 is 0 Å². The summed E-state index contributed by atoms with van der Waals surface area (Å²) in [5.74, 6) is 0.278. The molecule has 2 nitrogen and oxygen atoms in total. The van der Waals surface area contributed by atoms with Crippen LogP contribution in [0, 0.1) is 6.92 Å². The van der Waals surface area contributed by atoms with Crippen molar-refractivity contribution < 1.29 is 5.11 Å². The van der Waals surface area contributed by atoms with Crippen LogP contribution in [0.2, 0.25) is 5.02 Å². The van der Waals surface area contributed by atoms with Gasteiger partial charge in [0.2, 0.25) is 0 Å². The Bertz CT molecular complexity index is 566. The fourth-order valence-electron chi connectivity index (χ4n) is 2.23. The lowest BCUT2D eigenvalue weighted by Gasteiger charge is -2.18. The first-order valence-electron chi connectivity index (χ1n) is 6.87. The van der Waals surface area contributed by atoms with Crippen molar-refractivity contribution >= 4 is 11.6 Å². The van der Waals surface area contributed by atoms with Crippen molar-refractivity contribution in [2.75, 3.05) is 0 Å². The molecule has 0 aromatic heterocycles. The Labute approximate surface area is 125 Å². The predicted octanol–water partition coefficient (Wildman–Crippen LogP) is 4.59. The van der Waals surface area contributed by atoms with Gasteiger partial charge in [0.15, 0.2) is 0 Å². The third-order valence-electron chi connectivity index (χ3n) is 3.47. The van der Waals surface area contributed by atoms with E-state index in [4.69, 9.17) is 11.6 Å². The Morgan fingerprint density at radius 2 is 1.85 bits per heavy atom. The van der Waals surface area contributed by atoms with Crippen LogP contribution in [0.15, 0.2) is 42.5 Å². The summed E-state index contributed by atoms with van der Waals surface area (Å²) in [5, 5.41) is 13.9. The molecule has 2 aromatic rings. The van der Waals surface area contributed by atoms with Gasteiger partial charge in [-0.2, -0.15) is 0 Å². The van der Waals surface area contributed by atoms with Gasteiger partial charge in [0.05, 0.1) is 0 Å². The summed E-state index contributed by atoms with van der Waals surface area (Å²) in [6.07, 6.45) is 0.990. The minimum atomic E-state index is 0.272. The van der Waals surface area contributed by atoms with E-state index in [2.05, 4.69) is 43.4 Å². The van der Waals surface area contributed by atoms with Crippen molar-refractivity contribution in [1.82, 2.24) is 5.32 Å². The minimum Gasteiger partial charge on any atom is -0.508 e. The van der Waals surface area contributed by atoms with Crippen LogP contribution in [0.4, 0.5) is 0 Å². The topological polar surface area (TPSA) is 32.3 Å². The van der Waals surface area contributed by atoms with Crippen LogP contribution in [0.5, 0.6) is 5.75 Å². The summed E-state index contributed by atoms with van der Waals surface area (Å²) >= 11 is 5.96. The van der Waals surface area contributed by atoms with Crippen molar-refractivity contribution in [3.63, 3.8) is 0 Å². The maximum Gasteiger partial charge on any atom is 0.120 e. The molecule has 0 aliphatic heterocycles. The zero-order valence-corrected chi connectivity index (χ0v) is 12.6. The summed E-state index contributed by atoms with van der Waals surface area (Å²) in [6, 6.07) is 13.9. The Morgan fingerprint density at radius 1 is 1.15 bits per heavy atom. The average Bonchev–Trinajstić information content (AvgIpc) is 2.45. The van der Waals surface area contributed by atoms with Gasteiger partial charge in [-0.1, -0.05) is 48.4 Å². The summed E-state index contributed by atoms with van der Waals surface area (Å²) in [7, 11) is 0. The van der Waals surface area contributed by atoms with Crippen LogP contribution in [0.3, 0.4) is 0 Å². The zero-order chi connectivity index (χ0) is 14.5. The second kappa shape index (κ2) is 6.78. The van der Waals surface area contributed by atoms with Gasteiger partial charge in [-0.15, -0.1) is 0 Å². The normalized spacial score (nSPS) is 12.3. The number of phenols is 1. The number of rotatable bonds is 5. The summed E-state index contributed by atoms with van der Waals surface area (Å²) in [6.45, 7) is 4.83. The molecule has 0 bridgehead atoms. The number of aromatic hydroxyl groups is 1. The van der Waals surface area contributed by atoms with E-state index in [1.54, 1.807) is 18.2 Å². The lowest BCUT2D eigenvalue weighted by atomic mass is 10.0. The van der Waals surface area contributed by atoms with Gasteiger partial charge in [0.1, 0.15) is 5.75 Å². The minimum absolute atomic E-state index is 0.272. The van der Waals surface area contributed by atoms with Crippen LogP contribution < -0.4 is 5.32 Å². The molecule has 1 atom stereocenters. The number of hydrogen-bond donors (Lipinski definition) is 2. The van der Waals surface area contributed by atoms with E-state index < -0.39 is 0 Å². The molecule has 0 saturated carbocycles. The lowest BCUT2D eigenvalue weighted by Crippen LogP contribution is -2.20. The molecule has 3 heteroatoms. The van der Waals surface area contributed by atoms with Gasteiger partial charge in [-0.25, -0.2) is 0 Å². The second-order valence-electron chi connectivity index (χ2n) is 5.03. The highest BCUT2D eigenvalue weighted by molar-refractivity contribution is 6.30. The fourth-order valence-corrected chi connectivity index (χ4v) is 2.42. The zero-order valence-electron chi connectivity index (χ0n) is 11.9. The first kappa shape index (κ1) is 14.9. The number of aryl methyl sites for hydroxylation is 1. The molecule has 0 amide bonds. The lowest BCUT2D eigenvalue weighted by molar-refractivity contribution is 0.455. The number of hydrogen-bond acceptors (Lipinski definition) is 2. The predicted molar refractivity (Wildman–Crippen MR) is 84.2 cm³/mol. The monoisotopic (exact) mass is 289 g/mol. The van der Waals surface area contributed by atoms with Crippen LogP contribution in [0.25, 0.3) is 0 Å². The Kier molecular flexibility index (Phi) is 5.05. The molecule has 0 heterocycles. The highest BCUT2D eigenvalue weighted by atomic mass is 35.5. The van der Waals surface area contributed by atoms with Gasteiger partial charge in [-0.3, -0.25) is 0 Å². The summed E-state index contributed by atoms with van der Waals surface area (Å²) in [5.41, 5.74) is 3.35. The largest absolute Gasteiger partial charge is 0.508 e. The summed E-state index contributed by atoms with van der Waals surface area (Å²) in [4.78, 5) is 0. The smallest absolute Gasteiger partial charge is 0.120 e. The molecule has 2 N–H and O–H groups in total. The van der Waals surface area contributed by atoms with E-state index in [1.165, 1.54) is 11.1 Å². The van der Waals surface area contributed by atoms with E-state index in [0.29, 0.717) is 11.6 Å². The van der Waals surface area contributed by atoms with E-state index in [-0.39, 0.29) is 11.8 Å². The second-order valence-corrected chi connectivity index (χ2v) is 5.46.